The zero-order valence-corrected chi connectivity index (χ0v) is 21.5. The molecule has 0 radical (unpaired) electrons. The number of hydrogen-bond donors (Lipinski definition) is 0. The Balaban J connectivity index is 1.67. The van der Waals surface area contributed by atoms with E-state index in [2.05, 4.69) is 41.9 Å². The van der Waals surface area contributed by atoms with E-state index in [4.69, 9.17) is 16.3 Å². The zero-order chi connectivity index (χ0) is 24.4. The first kappa shape index (κ1) is 24.1. The fourth-order valence-corrected chi connectivity index (χ4v) is 4.52. The fraction of sp³-hybridized carbons (Fsp3) is 0.0870. The number of nitro groups is 1. The Labute approximate surface area is 215 Å². The van der Waals surface area contributed by atoms with E-state index in [0.29, 0.717) is 37.5 Å². The third kappa shape index (κ3) is 5.19. The molecule has 4 aromatic rings. The van der Waals surface area contributed by atoms with Crippen LogP contribution in [-0.4, -0.2) is 20.8 Å². The summed E-state index contributed by atoms with van der Waals surface area (Å²) in [6, 6.07) is 14.7. The molecule has 1 aromatic heterocycles. The zero-order valence-electron chi connectivity index (χ0n) is 17.5. The van der Waals surface area contributed by atoms with Crippen molar-refractivity contribution in [1.82, 2.24) is 9.66 Å². The van der Waals surface area contributed by atoms with Crippen molar-refractivity contribution < 1.29 is 9.66 Å². The van der Waals surface area contributed by atoms with Gasteiger partial charge in [-0.2, -0.15) is 9.78 Å². The molecule has 34 heavy (non-hydrogen) atoms. The predicted molar refractivity (Wildman–Crippen MR) is 138 cm³/mol. The van der Waals surface area contributed by atoms with E-state index in [9.17, 15) is 14.9 Å². The summed E-state index contributed by atoms with van der Waals surface area (Å²) in [4.78, 5) is 27.8. The topological polar surface area (TPSA) is 99.6 Å². The highest BCUT2D eigenvalue weighted by Crippen LogP contribution is 2.32. The fourth-order valence-electron chi connectivity index (χ4n) is 3.21. The van der Waals surface area contributed by atoms with Crippen LogP contribution in [0, 0.1) is 17.0 Å². The number of aryl methyl sites for hydroxylation is 1. The van der Waals surface area contributed by atoms with Crippen LogP contribution >= 0.6 is 43.5 Å². The Morgan fingerprint density at radius 1 is 1.18 bits per heavy atom. The van der Waals surface area contributed by atoms with Crippen molar-refractivity contribution in [2.75, 3.05) is 0 Å². The Bertz CT molecular complexity index is 1500. The summed E-state index contributed by atoms with van der Waals surface area (Å²) in [5.41, 5.74) is 1.54. The van der Waals surface area contributed by atoms with Gasteiger partial charge in [-0.3, -0.25) is 14.9 Å². The predicted octanol–water partition coefficient (Wildman–Crippen LogP) is 6.25. The minimum absolute atomic E-state index is 0.00100. The van der Waals surface area contributed by atoms with Crippen LogP contribution in [0.4, 0.5) is 5.69 Å². The molecule has 172 valence electrons. The molecule has 0 N–H and O–H groups in total. The summed E-state index contributed by atoms with van der Waals surface area (Å²) in [5.74, 6) is 0.874. The number of non-ortho nitro benzene ring substituents is 1. The molecule has 8 nitrogen and oxygen atoms in total. The van der Waals surface area contributed by atoms with E-state index in [0.717, 1.165) is 10.0 Å². The highest BCUT2D eigenvalue weighted by Gasteiger charge is 2.12. The van der Waals surface area contributed by atoms with Crippen LogP contribution in [0.25, 0.3) is 10.9 Å². The average molecular weight is 607 g/mol. The van der Waals surface area contributed by atoms with Crippen molar-refractivity contribution in [2.24, 2.45) is 5.10 Å². The third-order valence-corrected chi connectivity index (χ3v) is 6.15. The van der Waals surface area contributed by atoms with Crippen LogP contribution in [0.2, 0.25) is 5.02 Å². The molecule has 11 heteroatoms. The maximum absolute atomic E-state index is 13.0. The second kappa shape index (κ2) is 10.0. The molecule has 0 fully saturated rings. The van der Waals surface area contributed by atoms with E-state index in [1.165, 1.54) is 23.0 Å². The molecule has 0 aliphatic heterocycles. The van der Waals surface area contributed by atoms with Gasteiger partial charge < -0.3 is 4.74 Å². The van der Waals surface area contributed by atoms with Gasteiger partial charge in [-0.05, 0) is 70.9 Å². The number of rotatable bonds is 6. The molecule has 0 spiro atoms. The summed E-state index contributed by atoms with van der Waals surface area (Å²) in [6.07, 6.45) is 1.47. The highest BCUT2D eigenvalue weighted by molar-refractivity contribution is 9.10. The monoisotopic (exact) mass is 604 g/mol. The lowest BCUT2D eigenvalue weighted by atomic mass is 10.2. The molecule has 1 heterocycles. The maximum Gasteiger partial charge on any atom is 0.282 e. The molecule has 4 rings (SSSR count). The minimum atomic E-state index is -0.459. The largest absolute Gasteiger partial charge is 0.487 e. The summed E-state index contributed by atoms with van der Waals surface area (Å²) < 4.78 is 8.53. The van der Waals surface area contributed by atoms with Gasteiger partial charge in [-0.25, -0.2) is 4.98 Å². The van der Waals surface area contributed by atoms with E-state index in [1.807, 2.05) is 6.07 Å². The van der Waals surface area contributed by atoms with Crippen LogP contribution in [0.3, 0.4) is 0 Å². The molecule has 3 aromatic carbocycles. The maximum atomic E-state index is 13.0. The molecule has 0 atom stereocenters. The highest BCUT2D eigenvalue weighted by atomic mass is 79.9. The Morgan fingerprint density at radius 2 is 1.91 bits per heavy atom. The second-order valence-electron chi connectivity index (χ2n) is 7.20. The van der Waals surface area contributed by atoms with Gasteiger partial charge in [0.25, 0.3) is 11.2 Å². The van der Waals surface area contributed by atoms with Crippen molar-refractivity contribution in [3.63, 3.8) is 0 Å². The van der Waals surface area contributed by atoms with Crippen molar-refractivity contribution in [3.05, 3.63) is 106 Å². The van der Waals surface area contributed by atoms with Gasteiger partial charge in [0.15, 0.2) is 0 Å². The number of hydrogen-bond acceptors (Lipinski definition) is 6. The summed E-state index contributed by atoms with van der Waals surface area (Å²) in [6.45, 7) is 1.85. The first-order valence-corrected chi connectivity index (χ1v) is 11.8. The Hall–Kier alpha value is -3.08. The first-order valence-electron chi connectivity index (χ1n) is 9.81. The molecule has 0 saturated carbocycles. The number of nitrogens with zero attached hydrogens (tertiary/aromatic N) is 4. The molecular formula is C23H15Br2ClN4O4. The van der Waals surface area contributed by atoms with Crippen LogP contribution < -0.4 is 10.3 Å². The van der Waals surface area contributed by atoms with E-state index in [1.54, 1.807) is 43.3 Å². The van der Waals surface area contributed by atoms with Gasteiger partial charge in [0.1, 0.15) is 18.2 Å². The molecule has 0 aliphatic carbocycles. The van der Waals surface area contributed by atoms with Gasteiger partial charge >= 0.3 is 0 Å². The number of nitro benzene ring substituents is 1. The van der Waals surface area contributed by atoms with Crippen molar-refractivity contribution in [1.29, 1.82) is 0 Å². The van der Waals surface area contributed by atoms with Crippen LogP contribution in [0.1, 0.15) is 17.0 Å². The third-order valence-electron chi connectivity index (χ3n) is 4.85. The van der Waals surface area contributed by atoms with E-state index < -0.39 is 4.92 Å². The molecular weight excluding hydrogens is 592 g/mol. The smallest absolute Gasteiger partial charge is 0.282 e. The molecule has 0 bridgehead atoms. The van der Waals surface area contributed by atoms with Gasteiger partial charge in [0, 0.05) is 27.2 Å². The normalized spacial score (nSPS) is 11.3. The van der Waals surface area contributed by atoms with E-state index >= 15 is 0 Å². The number of ether oxygens (including phenoxy) is 1. The number of benzene rings is 3. The van der Waals surface area contributed by atoms with Crippen LogP contribution in [0.5, 0.6) is 5.75 Å². The van der Waals surface area contributed by atoms with Crippen molar-refractivity contribution in [2.45, 2.75) is 13.5 Å². The minimum Gasteiger partial charge on any atom is -0.487 e. The Kier molecular flexibility index (Phi) is 7.11. The SMILES string of the molecule is Cc1nc2ccc(Br)cc2c(=O)n1N=Cc1cc(Cl)cc(Br)c1OCc1ccc([N+](=O)[O-])cc1. The molecule has 0 saturated heterocycles. The summed E-state index contributed by atoms with van der Waals surface area (Å²) in [5, 5.41) is 16.1. The molecule has 0 aliphatic rings. The van der Waals surface area contributed by atoms with Crippen molar-refractivity contribution in [3.8, 4) is 5.75 Å². The lowest BCUT2D eigenvalue weighted by Crippen LogP contribution is -2.20. The number of aromatic nitrogens is 2. The van der Waals surface area contributed by atoms with Gasteiger partial charge in [0.2, 0.25) is 0 Å². The standard InChI is InChI=1S/C23H15Br2ClN4O4/c1-13-28-21-7-4-16(24)9-19(21)23(31)29(13)27-11-15-8-17(26)10-20(25)22(15)34-12-14-2-5-18(6-3-14)30(32)33/h2-11H,12H2,1H3. The first-order chi connectivity index (χ1) is 16.2. The summed E-state index contributed by atoms with van der Waals surface area (Å²) >= 11 is 13.1. The lowest BCUT2D eigenvalue weighted by molar-refractivity contribution is -0.384. The van der Waals surface area contributed by atoms with Crippen LogP contribution in [0.15, 0.2) is 73.4 Å². The van der Waals surface area contributed by atoms with Gasteiger partial charge in [0.05, 0.1) is 26.5 Å². The molecule has 0 amide bonds. The second-order valence-corrected chi connectivity index (χ2v) is 9.41. The summed E-state index contributed by atoms with van der Waals surface area (Å²) in [7, 11) is 0. The van der Waals surface area contributed by atoms with Gasteiger partial charge in [-0.15, -0.1) is 0 Å². The lowest BCUT2D eigenvalue weighted by Gasteiger charge is -2.12. The van der Waals surface area contributed by atoms with Crippen LogP contribution in [-0.2, 0) is 6.61 Å². The van der Waals surface area contributed by atoms with Crippen molar-refractivity contribution >= 4 is 66.3 Å². The number of halogens is 3. The van der Waals surface area contributed by atoms with Gasteiger partial charge in [-0.1, -0.05) is 27.5 Å². The quantitative estimate of drug-likeness (QED) is 0.147. The van der Waals surface area contributed by atoms with E-state index in [-0.39, 0.29) is 17.9 Å². The number of fused-ring (bicyclic) bond motifs is 1. The Morgan fingerprint density at radius 3 is 2.62 bits per heavy atom. The average Bonchev–Trinajstić information content (AvgIpc) is 2.79. The molecule has 0 unspecified atom stereocenters.